The topological polar surface area (TPSA) is 29.1 Å². The van der Waals surface area contributed by atoms with Crippen molar-refractivity contribution in [2.45, 2.75) is 77.2 Å². The van der Waals surface area contributed by atoms with E-state index in [1.807, 2.05) is 0 Å². The van der Waals surface area contributed by atoms with Gasteiger partial charge in [0.1, 0.15) is 0 Å². The molecule has 1 saturated carbocycles. The van der Waals surface area contributed by atoms with E-state index in [0.29, 0.717) is 6.04 Å². The standard InChI is InChI=1S/C12H26NOP/c1-10(2)15(14,11(3)4)13-12-8-6-5-7-9-12/h10-12H,5-9H2,1-4H3,(H,13,14). The molecule has 90 valence electrons. The van der Waals surface area contributed by atoms with E-state index in [-0.39, 0.29) is 11.3 Å². The van der Waals surface area contributed by atoms with Gasteiger partial charge in [0.15, 0.2) is 7.29 Å². The van der Waals surface area contributed by atoms with Gasteiger partial charge in [-0.3, -0.25) is 5.09 Å². The highest BCUT2D eigenvalue weighted by atomic mass is 31.2. The summed E-state index contributed by atoms with van der Waals surface area (Å²) in [7, 11) is -2.18. The summed E-state index contributed by atoms with van der Waals surface area (Å²) in [5.74, 6) is 0. The number of nitrogens with one attached hydrogen (secondary N) is 1. The summed E-state index contributed by atoms with van der Waals surface area (Å²) in [5.41, 5.74) is 0.527. The molecule has 3 heteroatoms. The fourth-order valence-electron chi connectivity index (χ4n) is 2.41. The van der Waals surface area contributed by atoms with Gasteiger partial charge in [0.05, 0.1) is 0 Å². The van der Waals surface area contributed by atoms with Gasteiger partial charge < -0.3 is 4.57 Å². The van der Waals surface area contributed by atoms with Crippen LogP contribution in [0.25, 0.3) is 0 Å². The lowest BCUT2D eigenvalue weighted by molar-refractivity contribution is 0.408. The third kappa shape index (κ3) is 3.32. The van der Waals surface area contributed by atoms with Crippen molar-refractivity contribution in [3.63, 3.8) is 0 Å². The molecule has 1 aliphatic rings. The van der Waals surface area contributed by atoms with Gasteiger partial charge in [0.25, 0.3) is 0 Å². The zero-order valence-corrected chi connectivity index (χ0v) is 11.5. The minimum atomic E-state index is -2.18. The Morgan fingerprint density at radius 3 is 1.87 bits per heavy atom. The molecule has 0 atom stereocenters. The molecule has 2 nitrogen and oxygen atoms in total. The Kier molecular flexibility index (Phi) is 4.86. The van der Waals surface area contributed by atoms with Crippen molar-refractivity contribution >= 4 is 7.29 Å². The second-order valence-electron chi connectivity index (χ2n) is 5.36. The van der Waals surface area contributed by atoms with Crippen LogP contribution in [0.2, 0.25) is 0 Å². The Bertz CT molecular complexity index is 220. The van der Waals surface area contributed by atoms with Crippen molar-refractivity contribution in [3.05, 3.63) is 0 Å². The summed E-state index contributed by atoms with van der Waals surface area (Å²) in [4.78, 5) is 0. The average Bonchev–Trinajstić information content (AvgIpc) is 2.18. The summed E-state index contributed by atoms with van der Waals surface area (Å²) in [6.07, 6.45) is 6.38. The maximum absolute atomic E-state index is 12.8. The highest BCUT2D eigenvalue weighted by Gasteiger charge is 2.32. The van der Waals surface area contributed by atoms with E-state index in [1.165, 1.54) is 32.1 Å². The second kappa shape index (κ2) is 5.50. The van der Waals surface area contributed by atoms with Gasteiger partial charge in [-0.05, 0) is 12.8 Å². The predicted octanol–water partition coefficient (Wildman–Crippen LogP) is 4.00. The molecule has 1 N–H and O–H groups in total. The summed E-state index contributed by atoms with van der Waals surface area (Å²) < 4.78 is 12.8. The van der Waals surface area contributed by atoms with Crippen LogP contribution in [0.3, 0.4) is 0 Å². The molecule has 0 saturated heterocycles. The van der Waals surface area contributed by atoms with E-state index in [4.69, 9.17) is 0 Å². The van der Waals surface area contributed by atoms with E-state index >= 15 is 0 Å². The van der Waals surface area contributed by atoms with Gasteiger partial charge in [-0.2, -0.15) is 0 Å². The molecule has 1 fully saturated rings. The van der Waals surface area contributed by atoms with Crippen LogP contribution in [-0.2, 0) is 4.57 Å². The molecule has 0 amide bonds. The first-order valence-electron chi connectivity index (χ1n) is 6.34. The quantitative estimate of drug-likeness (QED) is 0.741. The molecule has 0 aromatic rings. The Morgan fingerprint density at radius 1 is 1.00 bits per heavy atom. The Balaban J connectivity index is 2.62. The van der Waals surface area contributed by atoms with Crippen LogP contribution in [0.5, 0.6) is 0 Å². The number of hydrogen-bond acceptors (Lipinski definition) is 1. The maximum Gasteiger partial charge on any atom is 0.152 e. The fourth-order valence-corrected chi connectivity index (χ4v) is 5.03. The summed E-state index contributed by atoms with van der Waals surface area (Å²) in [6.45, 7) is 8.32. The van der Waals surface area contributed by atoms with Crippen LogP contribution >= 0.6 is 7.29 Å². The summed E-state index contributed by atoms with van der Waals surface area (Å²) >= 11 is 0. The zero-order chi connectivity index (χ0) is 11.5. The molecule has 0 unspecified atom stereocenters. The van der Waals surface area contributed by atoms with Gasteiger partial charge >= 0.3 is 0 Å². The van der Waals surface area contributed by atoms with Crippen molar-refractivity contribution in [1.82, 2.24) is 5.09 Å². The van der Waals surface area contributed by atoms with Crippen molar-refractivity contribution in [3.8, 4) is 0 Å². The number of hydrogen-bond donors (Lipinski definition) is 1. The predicted molar refractivity (Wildman–Crippen MR) is 67.9 cm³/mol. The van der Waals surface area contributed by atoms with Crippen LogP contribution in [0.4, 0.5) is 0 Å². The molecule has 1 rings (SSSR count). The molecule has 0 radical (unpaired) electrons. The van der Waals surface area contributed by atoms with E-state index in [0.717, 1.165) is 0 Å². The smallest absolute Gasteiger partial charge is 0.152 e. The van der Waals surface area contributed by atoms with Crippen molar-refractivity contribution < 1.29 is 4.57 Å². The molecule has 1 aliphatic carbocycles. The lowest BCUT2D eigenvalue weighted by Gasteiger charge is -2.33. The Morgan fingerprint density at radius 2 is 1.47 bits per heavy atom. The molecule has 0 aromatic heterocycles. The van der Waals surface area contributed by atoms with E-state index in [9.17, 15) is 4.57 Å². The summed E-state index contributed by atoms with van der Waals surface area (Å²) in [6, 6.07) is 0.509. The molecule has 0 aliphatic heterocycles. The van der Waals surface area contributed by atoms with Crippen LogP contribution < -0.4 is 5.09 Å². The van der Waals surface area contributed by atoms with Gasteiger partial charge in [0, 0.05) is 17.4 Å². The monoisotopic (exact) mass is 231 g/mol. The fraction of sp³-hybridized carbons (Fsp3) is 1.00. The largest absolute Gasteiger partial charge is 0.306 e. The molecular weight excluding hydrogens is 205 g/mol. The van der Waals surface area contributed by atoms with Gasteiger partial charge in [-0.15, -0.1) is 0 Å². The number of rotatable bonds is 4. The van der Waals surface area contributed by atoms with Crippen LogP contribution in [0.1, 0.15) is 59.8 Å². The van der Waals surface area contributed by atoms with Gasteiger partial charge in [-0.25, -0.2) is 0 Å². The molecule has 0 spiro atoms. The van der Waals surface area contributed by atoms with Crippen LogP contribution in [0.15, 0.2) is 0 Å². The lowest BCUT2D eigenvalue weighted by Crippen LogP contribution is -2.33. The SMILES string of the molecule is CC(C)P(=O)(NC1CCCCC1)C(C)C. The Labute approximate surface area is 94.6 Å². The van der Waals surface area contributed by atoms with E-state index in [1.54, 1.807) is 0 Å². The third-order valence-electron chi connectivity index (χ3n) is 3.52. The van der Waals surface area contributed by atoms with Crippen LogP contribution in [0, 0.1) is 0 Å². The molecule has 15 heavy (non-hydrogen) atoms. The van der Waals surface area contributed by atoms with Gasteiger partial charge in [-0.1, -0.05) is 47.0 Å². The first-order valence-corrected chi connectivity index (χ1v) is 8.18. The minimum Gasteiger partial charge on any atom is -0.306 e. The maximum atomic E-state index is 12.8. The molecule has 0 heterocycles. The Hall–Kier alpha value is 0.190. The molecule has 0 aromatic carbocycles. The highest BCUT2D eigenvalue weighted by molar-refractivity contribution is 7.63. The average molecular weight is 231 g/mol. The minimum absolute atomic E-state index is 0.263. The second-order valence-corrected chi connectivity index (χ2v) is 9.10. The summed E-state index contributed by atoms with van der Waals surface area (Å²) in [5, 5.41) is 3.49. The van der Waals surface area contributed by atoms with Crippen molar-refractivity contribution in [2.75, 3.05) is 0 Å². The highest BCUT2D eigenvalue weighted by Crippen LogP contribution is 2.52. The van der Waals surface area contributed by atoms with Crippen LogP contribution in [-0.4, -0.2) is 17.4 Å². The lowest BCUT2D eigenvalue weighted by atomic mass is 9.96. The normalized spacial score (nSPS) is 20.1. The first-order chi connectivity index (χ1) is 6.97. The molecular formula is C12H26NOP. The first kappa shape index (κ1) is 13.3. The van der Waals surface area contributed by atoms with E-state index in [2.05, 4.69) is 32.8 Å². The third-order valence-corrected chi connectivity index (χ3v) is 7.36. The zero-order valence-electron chi connectivity index (χ0n) is 10.6. The van der Waals surface area contributed by atoms with E-state index < -0.39 is 7.29 Å². The van der Waals surface area contributed by atoms with Crippen molar-refractivity contribution in [1.29, 1.82) is 0 Å². The van der Waals surface area contributed by atoms with Gasteiger partial charge in [0.2, 0.25) is 0 Å². The van der Waals surface area contributed by atoms with Crippen molar-refractivity contribution in [2.24, 2.45) is 0 Å². The molecule has 0 bridgehead atoms.